The van der Waals surface area contributed by atoms with Crippen LogP contribution in [0.15, 0.2) is 49.1 Å². The quantitative estimate of drug-likeness (QED) is 0.168. The molecule has 0 amide bonds. The molecule has 0 aliphatic heterocycles. The van der Waals surface area contributed by atoms with Crippen molar-refractivity contribution in [3.8, 4) is 5.75 Å². The van der Waals surface area contributed by atoms with Crippen molar-refractivity contribution >= 4 is 14.3 Å². The van der Waals surface area contributed by atoms with E-state index in [0.29, 0.717) is 13.0 Å². The zero-order valence-corrected chi connectivity index (χ0v) is 21.4. The average molecular weight is 449 g/mol. The Morgan fingerprint density at radius 1 is 1.16 bits per heavy atom. The molecule has 174 valence electrons. The van der Waals surface area contributed by atoms with Crippen molar-refractivity contribution in [1.82, 2.24) is 0 Å². The van der Waals surface area contributed by atoms with E-state index in [1.165, 1.54) is 6.08 Å². The van der Waals surface area contributed by atoms with Crippen molar-refractivity contribution < 1.29 is 23.4 Å². The van der Waals surface area contributed by atoms with Gasteiger partial charge in [0.25, 0.3) is 0 Å². The monoisotopic (exact) mass is 448 g/mol. The van der Waals surface area contributed by atoms with Crippen LogP contribution in [0.2, 0.25) is 18.1 Å². The molecule has 1 aromatic rings. The molecule has 0 aliphatic rings. The summed E-state index contributed by atoms with van der Waals surface area (Å²) in [7, 11) is -0.188. The standard InChI is InChI=1S/C25H40O5Si/c1-10-23(28-18-21-14-16-22(27-7)17-15-21)20(3)29-24(26)13-11-12-19(2)30-31(8,9)25(4,5)6/h10-11,13-17,19-20,23H,1,12,18H2,2-9H3/b13-11+/t19-,20-,23+/m0/s1. The molecular weight excluding hydrogens is 408 g/mol. The summed E-state index contributed by atoms with van der Waals surface area (Å²) in [5.41, 5.74) is 1.00. The third-order valence-electron chi connectivity index (χ3n) is 5.62. The molecule has 0 saturated heterocycles. The number of carbonyl (C=O) groups excluding carboxylic acids is 1. The van der Waals surface area contributed by atoms with Gasteiger partial charge in [-0.25, -0.2) is 4.79 Å². The van der Waals surface area contributed by atoms with Gasteiger partial charge in [-0.15, -0.1) is 6.58 Å². The molecule has 0 heterocycles. The highest BCUT2D eigenvalue weighted by Gasteiger charge is 2.38. The van der Waals surface area contributed by atoms with Crippen LogP contribution in [0.1, 0.15) is 46.6 Å². The molecule has 0 N–H and O–H groups in total. The van der Waals surface area contributed by atoms with Gasteiger partial charge >= 0.3 is 5.97 Å². The van der Waals surface area contributed by atoms with Crippen LogP contribution in [0, 0.1) is 0 Å². The summed E-state index contributed by atoms with van der Waals surface area (Å²) < 4.78 is 22.8. The van der Waals surface area contributed by atoms with E-state index in [9.17, 15) is 4.79 Å². The van der Waals surface area contributed by atoms with Crippen molar-refractivity contribution in [3.05, 3.63) is 54.6 Å². The second-order valence-electron chi connectivity index (χ2n) is 9.33. The minimum Gasteiger partial charge on any atom is -0.497 e. The second-order valence-corrected chi connectivity index (χ2v) is 14.1. The van der Waals surface area contributed by atoms with Crippen molar-refractivity contribution in [2.45, 2.75) is 84.1 Å². The van der Waals surface area contributed by atoms with Gasteiger partial charge in [0.1, 0.15) is 18.0 Å². The van der Waals surface area contributed by atoms with Crippen LogP contribution >= 0.6 is 0 Å². The number of methoxy groups -OCH3 is 1. The first-order chi connectivity index (χ1) is 14.4. The molecule has 0 aromatic heterocycles. The first kappa shape index (κ1) is 27.1. The van der Waals surface area contributed by atoms with Crippen LogP contribution in [0.5, 0.6) is 5.75 Å². The van der Waals surface area contributed by atoms with Crippen LogP contribution in [0.4, 0.5) is 0 Å². The van der Waals surface area contributed by atoms with E-state index in [4.69, 9.17) is 18.6 Å². The molecule has 6 heteroatoms. The fraction of sp³-hybridized carbons (Fsp3) is 0.560. The minimum absolute atomic E-state index is 0.0520. The van der Waals surface area contributed by atoms with E-state index in [1.54, 1.807) is 20.1 Å². The van der Waals surface area contributed by atoms with Gasteiger partial charge in [0.15, 0.2) is 8.32 Å². The molecule has 0 saturated carbocycles. The Morgan fingerprint density at radius 2 is 1.77 bits per heavy atom. The highest BCUT2D eigenvalue weighted by Crippen LogP contribution is 2.37. The first-order valence-electron chi connectivity index (χ1n) is 10.8. The zero-order chi connectivity index (χ0) is 23.7. The van der Waals surface area contributed by atoms with Gasteiger partial charge in [-0.05, 0) is 56.1 Å². The Balaban J connectivity index is 2.48. The maximum absolute atomic E-state index is 12.2. The largest absolute Gasteiger partial charge is 0.497 e. The van der Waals surface area contributed by atoms with Crippen LogP contribution < -0.4 is 4.74 Å². The minimum atomic E-state index is -1.82. The Labute approximate surface area is 189 Å². The summed E-state index contributed by atoms with van der Waals surface area (Å²) in [4.78, 5) is 12.2. The number of esters is 1. The number of hydrogen-bond acceptors (Lipinski definition) is 5. The zero-order valence-electron chi connectivity index (χ0n) is 20.4. The van der Waals surface area contributed by atoms with Crippen LogP contribution in [-0.2, 0) is 25.3 Å². The van der Waals surface area contributed by atoms with Gasteiger partial charge in [-0.2, -0.15) is 0 Å². The first-order valence-corrected chi connectivity index (χ1v) is 13.7. The molecule has 0 aliphatic carbocycles. The molecular formula is C25H40O5Si. The molecule has 1 rings (SSSR count). The summed E-state index contributed by atoms with van der Waals surface area (Å²) >= 11 is 0. The van der Waals surface area contributed by atoms with Gasteiger partial charge in [0, 0.05) is 12.2 Å². The van der Waals surface area contributed by atoms with Crippen LogP contribution in [-0.4, -0.2) is 39.7 Å². The van der Waals surface area contributed by atoms with E-state index in [0.717, 1.165) is 11.3 Å². The number of rotatable bonds is 12. The van der Waals surface area contributed by atoms with Gasteiger partial charge in [-0.1, -0.05) is 45.1 Å². The molecule has 3 atom stereocenters. The summed E-state index contributed by atoms with van der Waals surface area (Å²) in [5, 5.41) is 0.158. The van der Waals surface area contributed by atoms with Crippen molar-refractivity contribution in [3.63, 3.8) is 0 Å². The Kier molecular flexibility index (Phi) is 10.7. The topological polar surface area (TPSA) is 54.0 Å². The normalized spacial score (nSPS) is 15.4. The lowest BCUT2D eigenvalue weighted by Gasteiger charge is -2.38. The van der Waals surface area contributed by atoms with Crippen LogP contribution in [0.3, 0.4) is 0 Å². The predicted molar refractivity (Wildman–Crippen MR) is 129 cm³/mol. The molecule has 5 nitrogen and oxygen atoms in total. The lowest BCUT2D eigenvalue weighted by Crippen LogP contribution is -2.43. The van der Waals surface area contributed by atoms with E-state index >= 15 is 0 Å². The van der Waals surface area contributed by atoms with Gasteiger partial charge in [0.2, 0.25) is 0 Å². The molecule has 31 heavy (non-hydrogen) atoms. The summed E-state index contributed by atoms with van der Waals surface area (Å²) in [6, 6.07) is 7.63. The number of benzene rings is 1. The van der Waals surface area contributed by atoms with E-state index in [2.05, 4.69) is 40.4 Å². The summed E-state index contributed by atoms with van der Waals surface area (Å²) in [6.45, 7) is 19.1. The fourth-order valence-electron chi connectivity index (χ4n) is 2.68. The van der Waals surface area contributed by atoms with Crippen molar-refractivity contribution in [2.24, 2.45) is 0 Å². The fourth-order valence-corrected chi connectivity index (χ4v) is 4.14. The smallest absolute Gasteiger partial charge is 0.330 e. The molecule has 0 bridgehead atoms. The lowest BCUT2D eigenvalue weighted by molar-refractivity contribution is -0.148. The van der Waals surface area contributed by atoms with E-state index < -0.39 is 26.5 Å². The van der Waals surface area contributed by atoms with Crippen LogP contribution in [0.25, 0.3) is 0 Å². The van der Waals surface area contributed by atoms with Crippen molar-refractivity contribution in [1.29, 1.82) is 0 Å². The molecule has 0 fully saturated rings. The molecule has 1 aromatic carbocycles. The third-order valence-corrected chi connectivity index (χ3v) is 10.2. The SMILES string of the molecule is C=C[C@@H](OCc1ccc(OC)cc1)[C@H](C)OC(=O)/C=C/C[C@H](C)O[Si](C)(C)C(C)(C)C. The number of carbonyl (C=O) groups is 1. The second kappa shape index (κ2) is 12.2. The van der Waals surface area contributed by atoms with Crippen molar-refractivity contribution in [2.75, 3.05) is 7.11 Å². The molecule has 0 unspecified atom stereocenters. The highest BCUT2D eigenvalue weighted by molar-refractivity contribution is 6.74. The maximum atomic E-state index is 12.2. The summed E-state index contributed by atoms with van der Waals surface area (Å²) in [5.74, 6) is 0.397. The van der Waals surface area contributed by atoms with E-state index in [1.807, 2.05) is 37.3 Å². The highest BCUT2D eigenvalue weighted by atomic mass is 28.4. The maximum Gasteiger partial charge on any atom is 0.330 e. The Bertz CT molecular complexity index is 718. The van der Waals surface area contributed by atoms with Gasteiger partial charge in [0.05, 0.1) is 13.7 Å². The number of hydrogen-bond donors (Lipinski definition) is 0. The van der Waals surface area contributed by atoms with Gasteiger partial charge in [-0.3, -0.25) is 0 Å². The van der Waals surface area contributed by atoms with E-state index in [-0.39, 0.29) is 11.1 Å². The predicted octanol–water partition coefficient (Wildman–Crippen LogP) is 6.05. The molecule has 0 spiro atoms. The molecule has 0 radical (unpaired) electrons. The summed E-state index contributed by atoms with van der Waals surface area (Å²) in [6.07, 6.45) is 4.79. The number of ether oxygens (including phenoxy) is 3. The Hall–Kier alpha value is -1.89. The average Bonchev–Trinajstić information content (AvgIpc) is 2.67. The Morgan fingerprint density at radius 3 is 2.29 bits per heavy atom. The lowest BCUT2D eigenvalue weighted by atomic mass is 10.2. The third kappa shape index (κ3) is 9.42. The van der Waals surface area contributed by atoms with Gasteiger partial charge < -0.3 is 18.6 Å².